The number of aromatic amines is 1. The number of fused-ring (bicyclic) bond motifs is 1. The molecule has 1 aromatic heterocycles. The highest BCUT2D eigenvalue weighted by atomic mass is 16.5. The Hall–Kier alpha value is -3.29. The van der Waals surface area contributed by atoms with Crippen molar-refractivity contribution in [3.63, 3.8) is 0 Å². The molecule has 1 aliphatic heterocycles. The molecule has 2 heterocycles. The average molecular weight is 362 g/mol. The molecule has 1 unspecified atom stereocenters. The van der Waals surface area contributed by atoms with Gasteiger partial charge in [0.25, 0.3) is 0 Å². The van der Waals surface area contributed by atoms with E-state index in [4.69, 9.17) is 11.3 Å². The van der Waals surface area contributed by atoms with Crippen LogP contribution in [0.15, 0.2) is 40.9 Å². The molecule has 0 bridgehead atoms. The molecule has 0 amide bonds. The Bertz CT molecular complexity index is 981. The normalized spacial score (nSPS) is 16.9. The lowest BCUT2D eigenvalue weighted by molar-refractivity contribution is 0.206. The number of hydrogen-bond donors (Lipinski definition) is 2. The van der Waals surface area contributed by atoms with Crippen LogP contribution in [0.3, 0.4) is 0 Å². The number of dihydropyridines is 1. The third kappa shape index (κ3) is 3.25. The van der Waals surface area contributed by atoms with Crippen molar-refractivity contribution in [3.05, 3.63) is 57.8 Å². The van der Waals surface area contributed by atoms with E-state index in [1.54, 1.807) is 7.11 Å². The number of likely N-dealkylation sites (N-methyl/N-ethyl adjacent to an activating group) is 1. The molecule has 3 rings (SSSR count). The number of allylic oxidation sites excluding steroid dienone is 3. The first-order valence-electron chi connectivity index (χ1n) is 8.66. The van der Waals surface area contributed by atoms with Crippen LogP contribution in [0.2, 0.25) is 0 Å². The monoisotopic (exact) mass is 362 g/mol. The lowest BCUT2D eigenvalue weighted by Gasteiger charge is -2.26. The third-order valence-electron chi connectivity index (χ3n) is 4.86. The largest absolute Gasteiger partial charge is 0.383 e. The zero-order valence-electron chi connectivity index (χ0n) is 15.9. The second-order valence-electron chi connectivity index (χ2n) is 6.60. The van der Waals surface area contributed by atoms with Crippen molar-refractivity contribution in [3.8, 4) is 6.07 Å². The van der Waals surface area contributed by atoms with Gasteiger partial charge < -0.3 is 15.0 Å². The van der Waals surface area contributed by atoms with Crippen molar-refractivity contribution in [2.45, 2.75) is 19.8 Å². The molecule has 1 aromatic carbocycles. The van der Waals surface area contributed by atoms with Crippen molar-refractivity contribution in [1.29, 1.82) is 5.26 Å². The van der Waals surface area contributed by atoms with E-state index < -0.39 is 0 Å². The van der Waals surface area contributed by atoms with E-state index >= 15 is 0 Å². The Balaban J connectivity index is 2.12. The summed E-state index contributed by atoms with van der Waals surface area (Å²) in [5.74, 6) is 0.451. The molecule has 27 heavy (non-hydrogen) atoms. The Kier molecular flexibility index (Phi) is 5.16. The Labute approximate surface area is 158 Å². The molecule has 1 atom stereocenters. The molecule has 1 aliphatic rings. The van der Waals surface area contributed by atoms with Crippen molar-refractivity contribution in [2.75, 3.05) is 32.2 Å². The van der Waals surface area contributed by atoms with Crippen molar-refractivity contribution < 1.29 is 4.74 Å². The van der Waals surface area contributed by atoms with E-state index in [-0.39, 0.29) is 5.92 Å². The number of nitrogens with one attached hydrogen (secondary N) is 2. The molecule has 0 fully saturated rings. The van der Waals surface area contributed by atoms with Gasteiger partial charge in [-0.1, -0.05) is 6.07 Å². The van der Waals surface area contributed by atoms with Gasteiger partial charge in [-0.25, -0.2) is 4.85 Å². The molecule has 7 heteroatoms. The zero-order valence-corrected chi connectivity index (χ0v) is 15.9. The molecule has 2 aromatic rings. The highest BCUT2D eigenvalue weighted by Gasteiger charge is 2.30. The van der Waals surface area contributed by atoms with Gasteiger partial charge in [-0.05, 0) is 31.5 Å². The van der Waals surface area contributed by atoms with E-state index in [1.807, 2.05) is 44.0 Å². The maximum atomic E-state index is 9.69. The van der Waals surface area contributed by atoms with Crippen molar-refractivity contribution >= 4 is 16.7 Å². The van der Waals surface area contributed by atoms with E-state index in [0.29, 0.717) is 24.4 Å². The first-order chi connectivity index (χ1) is 13.0. The van der Waals surface area contributed by atoms with Gasteiger partial charge in [0.15, 0.2) is 11.5 Å². The summed E-state index contributed by atoms with van der Waals surface area (Å²) in [6.07, 6.45) is 0. The number of anilines is 1. The minimum absolute atomic E-state index is 0.370. The number of nitriles is 1. The van der Waals surface area contributed by atoms with Gasteiger partial charge in [0, 0.05) is 37.5 Å². The van der Waals surface area contributed by atoms with Crippen LogP contribution in [0, 0.1) is 17.9 Å². The highest BCUT2D eigenvalue weighted by molar-refractivity contribution is 5.91. The Morgan fingerprint density at radius 2 is 2.15 bits per heavy atom. The molecular weight excluding hydrogens is 340 g/mol. The molecule has 0 saturated carbocycles. The smallest absolute Gasteiger partial charge is 0.196 e. The third-order valence-corrected chi connectivity index (χ3v) is 4.86. The molecule has 0 saturated heterocycles. The van der Waals surface area contributed by atoms with Crippen LogP contribution in [0.4, 0.5) is 5.82 Å². The summed E-state index contributed by atoms with van der Waals surface area (Å²) in [5, 5.41) is 21.3. The number of H-pyrrole nitrogens is 1. The molecule has 0 aliphatic carbocycles. The van der Waals surface area contributed by atoms with E-state index in [1.165, 1.54) is 0 Å². The maximum Gasteiger partial charge on any atom is 0.196 e. The van der Waals surface area contributed by atoms with Crippen molar-refractivity contribution in [2.24, 2.45) is 0 Å². The van der Waals surface area contributed by atoms with Crippen LogP contribution >= 0.6 is 0 Å². The maximum absolute atomic E-state index is 9.69. The number of hydrogen-bond acceptors (Lipinski definition) is 5. The number of nitrogens with zero attached hydrogens (tertiary/aromatic N) is 4. The summed E-state index contributed by atoms with van der Waals surface area (Å²) in [7, 11) is 3.63. The summed E-state index contributed by atoms with van der Waals surface area (Å²) in [4.78, 5) is 5.74. The van der Waals surface area contributed by atoms with Gasteiger partial charge in [0.05, 0.1) is 36.3 Å². The number of benzene rings is 1. The lowest BCUT2D eigenvalue weighted by atomic mass is 9.84. The Morgan fingerprint density at radius 1 is 1.37 bits per heavy atom. The predicted octanol–water partition coefficient (Wildman–Crippen LogP) is 3.28. The second kappa shape index (κ2) is 7.53. The van der Waals surface area contributed by atoms with Crippen LogP contribution in [-0.2, 0) is 4.74 Å². The molecule has 2 N–H and O–H groups in total. The summed E-state index contributed by atoms with van der Waals surface area (Å²) < 4.78 is 5.15. The van der Waals surface area contributed by atoms with E-state index in [0.717, 1.165) is 33.7 Å². The second-order valence-corrected chi connectivity index (χ2v) is 6.60. The van der Waals surface area contributed by atoms with Crippen LogP contribution in [0.25, 0.3) is 15.7 Å². The van der Waals surface area contributed by atoms with E-state index in [9.17, 15) is 5.26 Å². The van der Waals surface area contributed by atoms with Crippen LogP contribution in [0.1, 0.15) is 25.3 Å². The molecule has 138 valence electrons. The minimum Gasteiger partial charge on any atom is -0.383 e. The SMILES string of the molecule is [C-]#[N+]C1=C(C)NC(C)=C(C#N)C1c1ccc2[nH]nc(N(C)CCOC)c2c1. The lowest BCUT2D eigenvalue weighted by Crippen LogP contribution is -2.23. The number of ether oxygens (including phenoxy) is 1. The fourth-order valence-corrected chi connectivity index (χ4v) is 3.43. The van der Waals surface area contributed by atoms with Crippen LogP contribution < -0.4 is 10.2 Å². The highest BCUT2D eigenvalue weighted by Crippen LogP contribution is 2.39. The first-order valence-corrected chi connectivity index (χ1v) is 8.66. The summed E-state index contributed by atoms with van der Waals surface area (Å²) in [6, 6.07) is 8.22. The zero-order chi connectivity index (χ0) is 19.6. The molecule has 7 nitrogen and oxygen atoms in total. The predicted molar refractivity (Wildman–Crippen MR) is 105 cm³/mol. The van der Waals surface area contributed by atoms with Gasteiger partial charge in [0.1, 0.15) is 0 Å². The van der Waals surface area contributed by atoms with E-state index in [2.05, 4.69) is 26.4 Å². The molecular formula is C20H22N6O. The minimum atomic E-state index is -0.370. The van der Waals surface area contributed by atoms with Gasteiger partial charge >= 0.3 is 0 Å². The number of aromatic nitrogens is 2. The average Bonchev–Trinajstić information content (AvgIpc) is 3.08. The quantitative estimate of drug-likeness (QED) is 0.798. The van der Waals surface area contributed by atoms with Crippen molar-refractivity contribution in [1.82, 2.24) is 15.5 Å². The summed E-state index contributed by atoms with van der Waals surface area (Å²) in [5.41, 5.74) is 4.52. The fourth-order valence-electron chi connectivity index (χ4n) is 3.43. The number of rotatable bonds is 5. The topological polar surface area (TPSA) is 81.3 Å². The van der Waals surface area contributed by atoms with Gasteiger partial charge in [0.2, 0.25) is 0 Å². The molecule has 0 spiro atoms. The number of methoxy groups -OCH3 is 1. The van der Waals surface area contributed by atoms with Gasteiger partial charge in [-0.15, -0.1) is 0 Å². The summed E-state index contributed by atoms with van der Waals surface area (Å²) >= 11 is 0. The van der Waals surface area contributed by atoms with Gasteiger partial charge in [-0.3, -0.25) is 5.10 Å². The summed E-state index contributed by atoms with van der Waals surface area (Å²) in [6.45, 7) is 12.7. The first kappa shape index (κ1) is 18.5. The van der Waals surface area contributed by atoms with Crippen LogP contribution in [-0.4, -0.2) is 37.5 Å². The fraction of sp³-hybridized carbons (Fsp3) is 0.350. The van der Waals surface area contributed by atoms with Crippen LogP contribution in [0.5, 0.6) is 0 Å². The standard InChI is InChI=1S/C20H22N6O/c1-12-16(11-21)18(19(22-3)13(2)23-12)14-6-7-17-15(10-14)20(25-24-17)26(4)8-9-27-5/h6-7,10,18,23H,8-9H2,1-2,4-5H3,(H,24,25). The molecule has 0 radical (unpaired) electrons. The van der Waals surface area contributed by atoms with Gasteiger partial charge in [-0.2, -0.15) is 10.4 Å². The Morgan fingerprint density at radius 3 is 2.81 bits per heavy atom.